The molecule has 0 amide bonds. The fourth-order valence-corrected chi connectivity index (χ4v) is 4.36. The molecule has 0 radical (unpaired) electrons. The number of carbonyl (C=O) groups excluding carboxylic acids is 2. The number of nitrogens with zero attached hydrogens (tertiary/aromatic N) is 1. The molecule has 7 heteroatoms. The van der Waals surface area contributed by atoms with Crippen molar-refractivity contribution < 1.29 is 28.9 Å². The van der Waals surface area contributed by atoms with Gasteiger partial charge in [-0.25, -0.2) is 4.79 Å². The average molecular weight is 478 g/mol. The molecular weight excluding hydrogens is 446 g/mol. The quantitative estimate of drug-likeness (QED) is 0.341. The zero-order chi connectivity index (χ0) is 25.4. The Hall–Kier alpha value is -3.74. The van der Waals surface area contributed by atoms with Crippen LogP contribution < -0.4 is 9.47 Å². The number of esters is 1. The van der Waals surface area contributed by atoms with Gasteiger partial charge in [0.05, 0.1) is 0 Å². The number of benzene rings is 2. The Balaban J connectivity index is 1.55. The van der Waals surface area contributed by atoms with Crippen LogP contribution >= 0.6 is 0 Å². The Labute approximate surface area is 205 Å². The lowest BCUT2D eigenvalue weighted by Crippen LogP contribution is -2.16. The number of ketones is 1. The summed E-state index contributed by atoms with van der Waals surface area (Å²) >= 11 is 0. The van der Waals surface area contributed by atoms with Crippen LogP contribution in [0.3, 0.4) is 0 Å². The van der Waals surface area contributed by atoms with Crippen molar-refractivity contribution in [3.8, 4) is 22.9 Å². The smallest absolute Gasteiger partial charge is 0.342 e. The molecule has 0 unspecified atom stereocenters. The number of carbonyl (C=O) groups is 2. The van der Waals surface area contributed by atoms with Crippen LogP contribution in [0.5, 0.6) is 17.2 Å². The van der Waals surface area contributed by atoms with Gasteiger partial charge in [0.15, 0.2) is 18.1 Å². The summed E-state index contributed by atoms with van der Waals surface area (Å²) in [6, 6.07) is 10.9. The number of aryl methyl sites for hydroxylation is 1. The van der Waals surface area contributed by atoms with Gasteiger partial charge in [-0.05, 0) is 61.1 Å². The Morgan fingerprint density at radius 2 is 1.69 bits per heavy atom. The van der Waals surface area contributed by atoms with Gasteiger partial charge in [-0.3, -0.25) is 4.79 Å². The molecule has 2 heterocycles. The van der Waals surface area contributed by atoms with E-state index in [2.05, 4.69) is 0 Å². The fraction of sp³-hybridized carbons (Fsp3) is 0.357. The van der Waals surface area contributed by atoms with E-state index in [-0.39, 0.29) is 35.7 Å². The molecule has 0 saturated carbocycles. The average Bonchev–Trinajstić information content (AvgIpc) is 3.39. The number of ether oxygens (including phenoxy) is 3. The normalized spacial score (nSPS) is 12.5. The van der Waals surface area contributed by atoms with E-state index in [4.69, 9.17) is 14.2 Å². The van der Waals surface area contributed by atoms with Gasteiger partial charge in [-0.2, -0.15) is 0 Å². The first-order valence-corrected chi connectivity index (χ1v) is 11.7. The highest BCUT2D eigenvalue weighted by atomic mass is 16.7. The Kier molecular flexibility index (Phi) is 6.61. The van der Waals surface area contributed by atoms with Crippen molar-refractivity contribution in [2.75, 3.05) is 13.4 Å². The summed E-state index contributed by atoms with van der Waals surface area (Å²) in [7, 11) is 0. The van der Waals surface area contributed by atoms with Gasteiger partial charge in [0.2, 0.25) is 12.6 Å². The Morgan fingerprint density at radius 3 is 2.37 bits per heavy atom. The number of Topliss-reactive ketones (excluding diaryl/α,β-unsaturated/α-hetero) is 1. The molecule has 1 N–H and O–H groups in total. The van der Waals surface area contributed by atoms with Gasteiger partial charge >= 0.3 is 5.97 Å². The van der Waals surface area contributed by atoms with Gasteiger partial charge in [0.1, 0.15) is 11.3 Å². The molecule has 0 bridgehead atoms. The van der Waals surface area contributed by atoms with Gasteiger partial charge < -0.3 is 23.9 Å². The maximum absolute atomic E-state index is 13.0. The third kappa shape index (κ3) is 4.63. The third-order valence-electron chi connectivity index (χ3n) is 6.35. The summed E-state index contributed by atoms with van der Waals surface area (Å²) < 4.78 is 18.2. The second-order valence-corrected chi connectivity index (χ2v) is 9.47. The summed E-state index contributed by atoms with van der Waals surface area (Å²) in [6.07, 6.45) is 0. The van der Waals surface area contributed by atoms with Crippen LogP contribution in [0.15, 0.2) is 36.4 Å². The SMILES string of the molecule is Cc1cc(C(=O)COC(=O)c2cc(C(C)C)cc(C(C)C)c2O)c(C)n1-c1ccc2c(c1)OCO2. The van der Waals surface area contributed by atoms with Crippen molar-refractivity contribution in [1.82, 2.24) is 4.57 Å². The number of hydrogen-bond acceptors (Lipinski definition) is 6. The predicted octanol–water partition coefficient (Wildman–Crippen LogP) is 5.81. The summed E-state index contributed by atoms with van der Waals surface area (Å²) in [4.78, 5) is 25.9. The van der Waals surface area contributed by atoms with E-state index >= 15 is 0 Å². The molecule has 184 valence electrons. The summed E-state index contributed by atoms with van der Waals surface area (Å²) in [6.45, 7) is 11.5. The summed E-state index contributed by atoms with van der Waals surface area (Å²) in [5.74, 6) is 0.409. The van der Waals surface area contributed by atoms with E-state index in [0.29, 0.717) is 22.6 Å². The van der Waals surface area contributed by atoms with Crippen molar-refractivity contribution in [3.05, 3.63) is 70.0 Å². The van der Waals surface area contributed by atoms with Crippen molar-refractivity contribution >= 4 is 11.8 Å². The topological polar surface area (TPSA) is 87.0 Å². The molecule has 1 aliphatic heterocycles. The lowest BCUT2D eigenvalue weighted by molar-refractivity contribution is 0.0471. The number of phenolic OH excluding ortho intramolecular Hbond substituents is 1. The molecule has 4 rings (SSSR count). The number of rotatable bonds is 7. The lowest BCUT2D eigenvalue weighted by Gasteiger charge is -2.16. The van der Waals surface area contributed by atoms with Crippen LogP contribution in [0.1, 0.15) is 82.8 Å². The minimum absolute atomic E-state index is 0.0310. The van der Waals surface area contributed by atoms with E-state index in [0.717, 1.165) is 22.6 Å². The first-order chi connectivity index (χ1) is 16.6. The second-order valence-electron chi connectivity index (χ2n) is 9.47. The van der Waals surface area contributed by atoms with Crippen LogP contribution in [-0.4, -0.2) is 34.8 Å². The van der Waals surface area contributed by atoms with Gasteiger partial charge in [0.25, 0.3) is 0 Å². The van der Waals surface area contributed by atoms with Crippen molar-refractivity contribution in [2.24, 2.45) is 0 Å². The monoisotopic (exact) mass is 477 g/mol. The predicted molar refractivity (Wildman–Crippen MR) is 132 cm³/mol. The first kappa shape index (κ1) is 24.4. The number of fused-ring (bicyclic) bond motifs is 1. The molecule has 1 aromatic heterocycles. The number of aromatic hydroxyl groups is 1. The largest absolute Gasteiger partial charge is 0.507 e. The zero-order valence-corrected chi connectivity index (χ0v) is 21.0. The van der Waals surface area contributed by atoms with Crippen molar-refractivity contribution in [2.45, 2.75) is 53.4 Å². The van der Waals surface area contributed by atoms with Gasteiger partial charge in [0, 0.05) is 28.7 Å². The molecule has 0 aliphatic carbocycles. The molecular formula is C28H31NO6. The molecule has 0 spiro atoms. The van der Waals surface area contributed by atoms with E-state index < -0.39 is 12.6 Å². The summed E-state index contributed by atoms with van der Waals surface area (Å²) in [5, 5.41) is 10.7. The lowest BCUT2D eigenvalue weighted by atomic mass is 9.92. The highest BCUT2D eigenvalue weighted by Gasteiger charge is 2.23. The van der Waals surface area contributed by atoms with Crippen molar-refractivity contribution in [1.29, 1.82) is 0 Å². The van der Waals surface area contributed by atoms with Crippen LogP contribution in [0.25, 0.3) is 5.69 Å². The maximum atomic E-state index is 13.0. The number of phenols is 1. The van der Waals surface area contributed by atoms with Crippen LogP contribution in [0.4, 0.5) is 0 Å². The number of aromatic nitrogens is 1. The minimum Gasteiger partial charge on any atom is -0.507 e. The van der Waals surface area contributed by atoms with Crippen molar-refractivity contribution in [3.63, 3.8) is 0 Å². The third-order valence-corrected chi connectivity index (χ3v) is 6.35. The first-order valence-electron chi connectivity index (χ1n) is 11.7. The molecule has 35 heavy (non-hydrogen) atoms. The van der Waals surface area contributed by atoms with E-state index in [1.807, 2.05) is 70.4 Å². The molecule has 0 fully saturated rings. The number of hydrogen-bond donors (Lipinski definition) is 1. The highest BCUT2D eigenvalue weighted by molar-refractivity contribution is 6.01. The molecule has 2 aromatic carbocycles. The maximum Gasteiger partial charge on any atom is 0.342 e. The highest BCUT2D eigenvalue weighted by Crippen LogP contribution is 2.35. The molecule has 0 atom stereocenters. The van der Waals surface area contributed by atoms with Crippen LogP contribution in [0, 0.1) is 13.8 Å². The fourth-order valence-electron chi connectivity index (χ4n) is 4.36. The second kappa shape index (κ2) is 9.49. The minimum atomic E-state index is -0.718. The zero-order valence-electron chi connectivity index (χ0n) is 21.0. The molecule has 0 saturated heterocycles. The molecule has 1 aliphatic rings. The van der Waals surface area contributed by atoms with E-state index in [1.54, 1.807) is 12.1 Å². The van der Waals surface area contributed by atoms with Gasteiger partial charge in [-0.1, -0.05) is 33.8 Å². The Morgan fingerprint density at radius 1 is 0.971 bits per heavy atom. The van der Waals surface area contributed by atoms with Gasteiger partial charge in [-0.15, -0.1) is 0 Å². The van der Waals surface area contributed by atoms with E-state index in [9.17, 15) is 14.7 Å². The molecule has 7 nitrogen and oxygen atoms in total. The van der Waals surface area contributed by atoms with E-state index in [1.165, 1.54) is 0 Å². The van der Waals surface area contributed by atoms with Crippen LogP contribution in [-0.2, 0) is 4.74 Å². The Bertz CT molecular complexity index is 1300. The van der Waals surface area contributed by atoms with Crippen LogP contribution in [0.2, 0.25) is 0 Å². The summed E-state index contributed by atoms with van der Waals surface area (Å²) in [5.41, 5.74) is 4.60. The molecule has 3 aromatic rings. The standard InChI is InChI=1S/C28H31NO6/c1-15(2)19-10-21(16(3)4)27(31)23(11-19)28(32)33-13-24(30)22-9-17(5)29(18(22)6)20-7-8-25-26(12-20)35-14-34-25/h7-12,15-16,31H,13-14H2,1-6H3.